The van der Waals surface area contributed by atoms with Crippen molar-refractivity contribution in [2.24, 2.45) is 0 Å². The number of aldehydes is 1. The molecule has 4 heteroatoms. The van der Waals surface area contributed by atoms with Crippen LogP contribution >= 0.6 is 0 Å². The average molecular weight is 258 g/mol. The minimum absolute atomic E-state index is 0.135. The van der Waals surface area contributed by atoms with Crippen LogP contribution in [0.3, 0.4) is 0 Å². The van der Waals surface area contributed by atoms with Gasteiger partial charge in [-0.3, -0.25) is 4.79 Å². The van der Waals surface area contributed by atoms with Gasteiger partial charge in [-0.05, 0) is 11.5 Å². The summed E-state index contributed by atoms with van der Waals surface area (Å²) in [6, 6.07) is 13.7. The fourth-order valence-corrected chi connectivity index (χ4v) is 1.76. The highest BCUT2D eigenvalue weighted by atomic mass is 16.6. The van der Waals surface area contributed by atoms with E-state index in [1.54, 1.807) is 0 Å². The molecule has 98 valence electrons. The van der Waals surface area contributed by atoms with Gasteiger partial charge in [0.1, 0.15) is 31.7 Å². The quantitative estimate of drug-likeness (QED) is 0.345. The Hall–Kier alpha value is -2.36. The lowest BCUT2D eigenvalue weighted by Crippen LogP contribution is -2.12. The van der Waals surface area contributed by atoms with E-state index in [-0.39, 0.29) is 19.6 Å². The molecule has 0 radical (unpaired) electrons. The highest BCUT2D eigenvalue weighted by Gasteiger charge is 2.03. The number of carbonyl (C=O) groups is 2. The first-order valence-corrected chi connectivity index (χ1v) is 6.01. The zero-order valence-electron chi connectivity index (χ0n) is 10.4. The Morgan fingerprint density at radius 3 is 2.68 bits per heavy atom. The number of hydrogen-bond acceptors (Lipinski definition) is 4. The van der Waals surface area contributed by atoms with Gasteiger partial charge in [-0.15, -0.1) is 0 Å². The van der Waals surface area contributed by atoms with Gasteiger partial charge in [0.25, 0.3) is 0 Å². The van der Waals surface area contributed by atoms with E-state index in [2.05, 4.69) is 0 Å². The molecule has 0 spiro atoms. The first-order chi connectivity index (χ1) is 9.31. The number of benzene rings is 2. The van der Waals surface area contributed by atoms with Gasteiger partial charge in [-0.25, -0.2) is 0 Å². The summed E-state index contributed by atoms with van der Waals surface area (Å²) in [6.07, 6.45) is 0.308. The van der Waals surface area contributed by atoms with E-state index in [0.29, 0.717) is 6.29 Å². The van der Waals surface area contributed by atoms with E-state index in [4.69, 9.17) is 9.47 Å². The molecule has 0 heterocycles. The second kappa shape index (κ2) is 6.54. The molecular formula is C15H14O4. The standard InChI is InChI=1S/C15H14O4/c16-9-8-15(17)19-11-10-18-14-7-3-5-12-4-1-2-6-13(12)14/h1-7,9H,8,10-11H2. The van der Waals surface area contributed by atoms with Gasteiger partial charge in [0.15, 0.2) is 0 Å². The van der Waals surface area contributed by atoms with Gasteiger partial charge in [0.2, 0.25) is 0 Å². The normalized spacial score (nSPS) is 10.1. The Morgan fingerprint density at radius 2 is 1.84 bits per heavy atom. The van der Waals surface area contributed by atoms with Crippen molar-refractivity contribution >= 4 is 23.0 Å². The third kappa shape index (κ3) is 3.55. The molecule has 0 atom stereocenters. The summed E-state index contributed by atoms with van der Waals surface area (Å²) < 4.78 is 10.4. The number of carbonyl (C=O) groups excluding carboxylic acids is 2. The molecule has 19 heavy (non-hydrogen) atoms. The fourth-order valence-electron chi connectivity index (χ4n) is 1.76. The van der Waals surface area contributed by atoms with Crippen LogP contribution in [0.4, 0.5) is 0 Å². The molecule has 0 amide bonds. The van der Waals surface area contributed by atoms with Crippen LogP contribution in [0, 0.1) is 0 Å². The summed E-state index contributed by atoms with van der Waals surface area (Å²) in [7, 11) is 0. The molecule has 2 aromatic carbocycles. The molecular weight excluding hydrogens is 244 g/mol. The van der Waals surface area contributed by atoms with Crippen molar-refractivity contribution in [2.45, 2.75) is 6.42 Å². The van der Waals surface area contributed by atoms with Crippen LogP contribution in [0.15, 0.2) is 42.5 Å². The molecule has 2 aromatic rings. The van der Waals surface area contributed by atoms with Crippen molar-refractivity contribution in [1.82, 2.24) is 0 Å². The highest BCUT2D eigenvalue weighted by Crippen LogP contribution is 2.24. The van der Waals surface area contributed by atoms with Crippen molar-refractivity contribution in [3.8, 4) is 5.75 Å². The Kier molecular flexibility index (Phi) is 4.50. The Labute approximate surface area is 110 Å². The highest BCUT2D eigenvalue weighted by molar-refractivity contribution is 5.88. The Morgan fingerprint density at radius 1 is 1.05 bits per heavy atom. The number of rotatable bonds is 6. The van der Waals surface area contributed by atoms with Crippen LogP contribution in [0.5, 0.6) is 5.75 Å². The predicted octanol–water partition coefficient (Wildman–Crippen LogP) is 2.35. The predicted molar refractivity (Wildman–Crippen MR) is 71.1 cm³/mol. The van der Waals surface area contributed by atoms with E-state index < -0.39 is 5.97 Å². The van der Waals surface area contributed by atoms with Gasteiger partial charge in [-0.1, -0.05) is 36.4 Å². The molecule has 0 fully saturated rings. The lowest BCUT2D eigenvalue weighted by molar-refractivity contribution is -0.145. The lowest BCUT2D eigenvalue weighted by Gasteiger charge is -2.09. The maximum absolute atomic E-state index is 11.0. The summed E-state index contributed by atoms with van der Waals surface area (Å²) >= 11 is 0. The van der Waals surface area contributed by atoms with Gasteiger partial charge in [-0.2, -0.15) is 0 Å². The Bertz CT molecular complexity index is 572. The van der Waals surface area contributed by atoms with Gasteiger partial charge in [0.05, 0.1) is 0 Å². The zero-order valence-corrected chi connectivity index (χ0v) is 10.4. The maximum Gasteiger partial charge on any atom is 0.313 e. The lowest BCUT2D eigenvalue weighted by atomic mass is 10.1. The van der Waals surface area contributed by atoms with Crippen LogP contribution in [0.2, 0.25) is 0 Å². The smallest absolute Gasteiger partial charge is 0.313 e. The number of hydrogen-bond donors (Lipinski definition) is 0. The molecule has 0 aliphatic rings. The van der Waals surface area contributed by atoms with Crippen LogP contribution in [0.25, 0.3) is 10.8 Å². The minimum Gasteiger partial charge on any atom is -0.489 e. The largest absolute Gasteiger partial charge is 0.489 e. The first-order valence-electron chi connectivity index (χ1n) is 6.01. The van der Waals surface area contributed by atoms with Gasteiger partial charge >= 0.3 is 5.97 Å². The molecule has 0 aliphatic heterocycles. The summed E-state index contributed by atoms with van der Waals surface area (Å²) in [5.41, 5.74) is 0. The van der Waals surface area contributed by atoms with Crippen molar-refractivity contribution in [3.05, 3.63) is 42.5 Å². The van der Waals surface area contributed by atoms with Crippen molar-refractivity contribution < 1.29 is 19.1 Å². The molecule has 0 N–H and O–H groups in total. The molecule has 0 unspecified atom stereocenters. The molecule has 0 saturated heterocycles. The summed E-state index contributed by atoms with van der Waals surface area (Å²) in [5, 5.41) is 2.11. The van der Waals surface area contributed by atoms with Crippen LogP contribution in [0.1, 0.15) is 6.42 Å². The molecule has 4 nitrogen and oxygen atoms in total. The molecule has 2 rings (SSSR count). The molecule has 0 aromatic heterocycles. The molecule has 0 bridgehead atoms. The van der Waals surface area contributed by atoms with Crippen LogP contribution in [-0.4, -0.2) is 25.5 Å². The van der Waals surface area contributed by atoms with Gasteiger partial charge in [0, 0.05) is 5.39 Å². The van der Waals surface area contributed by atoms with E-state index >= 15 is 0 Å². The zero-order chi connectivity index (χ0) is 13.5. The number of esters is 1. The SMILES string of the molecule is O=CCC(=O)OCCOc1cccc2ccccc12. The number of fused-ring (bicyclic) bond motifs is 1. The Balaban J connectivity index is 1.91. The fraction of sp³-hybridized carbons (Fsp3) is 0.200. The molecule has 0 saturated carbocycles. The first kappa shape index (κ1) is 13.1. The summed E-state index contributed by atoms with van der Waals surface area (Å²) in [5.74, 6) is 0.223. The topological polar surface area (TPSA) is 52.6 Å². The van der Waals surface area contributed by atoms with E-state index in [9.17, 15) is 9.59 Å². The third-order valence-corrected chi connectivity index (χ3v) is 2.60. The second-order valence-electron chi connectivity index (χ2n) is 3.92. The minimum atomic E-state index is -0.531. The molecule has 0 aliphatic carbocycles. The monoisotopic (exact) mass is 258 g/mol. The van der Waals surface area contributed by atoms with E-state index in [0.717, 1.165) is 16.5 Å². The number of ether oxygens (including phenoxy) is 2. The average Bonchev–Trinajstić information content (AvgIpc) is 2.44. The summed E-state index contributed by atoms with van der Waals surface area (Å²) in [4.78, 5) is 21.0. The van der Waals surface area contributed by atoms with E-state index in [1.165, 1.54) is 0 Å². The van der Waals surface area contributed by atoms with Crippen LogP contribution in [-0.2, 0) is 14.3 Å². The third-order valence-electron chi connectivity index (χ3n) is 2.60. The second-order valence-corrected chi connectivity index (χ2v) is 3.92. The van der Waals surface area contributed by atoms with E-state index in [1.807, 2.05) is 42.5 Å². The van der Waals surface area contributed by atoms with Crippen molar-refractivity contribution in [1.29, 1.82) is 0 Å². The van der Waals surface area contributed by atoms with Gasteiger partial charge < -0.3 is 14.3 Å². The van der Waals surface area contributed by atoms with Crippen molar-refractivity contribution in [2.75, 3.05) is 13.2 Å². The maximum atomic E-state index is 11.0. The van der Waals surface area contributed by atoms with Crippen molar-refractivity contribution in [3.63, 3.8) is 0 Å². The van der Waals surface area contributed by atoms with Crippen LogP contribution < -0.4 is 4.74 Å². The summed E-state index contributed by atoms with van der Waals surface area (Å²) in [6.45, 7) is 0.397.